The predicted molar refractivity (Wildman–Crippen MR) is 95.4 cm³/mol. The van der Waals surface area contributed by atoms with E-state index < -0.39 is 0 Å². The number of aryl methyl sites for hydroxylation is 2. The van der Waals surface area contributed by atoms with E-state index >= 15 is 0 Å². The molecule has 0 fully saturated rings. The standard InChI is InChI=1S/C22H22N/c1-15-12-13-17-16-9-5-6-10-18(16)22(2,3)21(17)20(15)19-11-7-8-14-23(19)4/h5-14H,1-4H3/q+1/i13D. The van der Waals surface area contributed by atoms with E-state index in [-0.39, 0.29) is 5.41 Å². The van der Waals surface area contributed by atoms with Crippen molar-refractivity contribution < 1.29 is 5.94 Å². The van der Waals surface area contributed by atoms with Crippen LogP contribution in [0.25, 0.3) is 22.4 Å². The van der Waals surface area contributed by atoms with Gasteiger partial charge in [-0.2, -0.15) is 0 Å². The first-order chi connectivity index (χ1) is 11.4. The summed E-state index contributed by atoms with van der Waals surface area (Å²) in [6.45, 7) is 6.69. The van der Waals surface area contributed by atoms with Crippen molar-refractivity contribution in [3.05, 3.63) is 77.5 Å². The molecule has 0 aliphatic heterocycles. The van der Waals surface area contributed by atoms with E-state index in [2.05, 4.69) is 81.0 Å². The van der Waals surface area contributed by atoms with E-state index in [1.165, 1.54) is 33.5 Å². The highest BCUT2D eigenvalue weighted by Crippen LogP contribution is 2.52. The number of rotatable bonds is 1. The zero-order valence-corrected chi connectivity index (χ0v) is 14.1. The maximum Gasteiger partial charge on any atom is 0.212 e. The highest BCUT2D eigenvalue weighted by Gasteiger charge is 2.39. The molecular formula is C22H22N+. The fourth-order valence-corrected chi connectivity index (χ4v) is 3.98. The lowest BCUT2D eigenvalue weighted by atomic mass is 9.78. The highest BCUT2D eigenvalue weighted by atomic mass is 14.9. The van der Waals surface area contributed by atoms with Gasteiger partial charge < -0.3 is 0 Å². The van der Waals surface area contributed by atoms with Gasteiger partial charge in [-0.3, -0.25) is 0 Å². The molecule has 0 spiro atoms. The summed E-state index contributed by atoms with van der Waals surface area (Å²) in [5, 5.41) is 0. The summed E-state index contributed by atoms with van der Waals surface area (Å²) in [6.07, 6.45) is 2.09. The van der Waals surface area contributed by atoms with Gasteiger partial charge in [-0.15, -0.1) is 0 Å². The van der Waals surface area contributed by atoms with Gasteiger partial charge in [0.25, 0.3) is 0 Å². The van der Waals surface area contributed by atoms with E-state index in [0.717, 1.165) is 5.56 Å². The molecule has 0 bridgehead atoms. The average molecular weight is 301 g/mol. The molecule has 0 saturated carbocycles. The summed E-state index contributed by atoms with van der Waals surface area (Å²) in [4.78, 5) is 0. The molecule has 2 aromatic carbocycles. The Bertz CT molecular complexity index is 970. The van der Waals surface area contributed by atoms with Crippen molar-refractivity contribution in [3.63, 3.8) is 0 Å². The summed E-state index contributed by atoms with van der Waals surface area (Å²) in [5.74, 6) is 0. The molecule has 114 valence electrons. The lowest BCUT2D eigenvalue weighted by Crippen LogP contribution is -2.31. The molecule has 0 atom stereocenters. The molecule has 4 rings (SSSR count). The minimum absolute atomic E-state index is 0.105. The number of hydrogen-bond donors (Lipinski definition) is 0. The van der Waals surface area contributed by atoms with Crippen molar-refractivity contribution in [1.82, 2.24) is 0 Å². The maximum atomic E-state index is 8.61. The van der Waals surface area contributed by atoms with Crippen LogP contribution in [0.15, 0.2) is 60.8 Å². The quantitative estimate of drug-likeness (QED) is 0.569. The van der Waals surface area contributed by atoms with E-state index in [1.807, 2.05) is 6.07 Å². The number of nitrogens with zero attached hydrogens (tertiary/aromatic N) is 1. The van der Waals surface area contributed by atoms with E-state index in [4.69, 9.17) is 1.37 Å². The van der Waals surface area contributed by atoms with Crippen LogP contribution in [0.5, 0.6) is 0 Å². The van der Waals surface area contributed by atoms with Crippen LogP contribution >= 0.6 is 0 Å². The Labute approximate surface area is 139 Å². The van der Waals surface area contributed by atoms with Crippen molar-refractivity contribution >= 4 is 0 Å². The highest BCUT2D eigenvalue weighted by molar-refractivity contribution is 5.88. The van der Waals surface area contributed by atoms with Gasteiger partial charge in [-0.05, 0) is 40.8 Å². The number of hydrogen-bond acceptors (Lipinski definition) is 0. The third kappa shape index (κ3) is 1.89. The Balaban J connectivity index is 2.17. The molecule has 1 heterocycles. The SMILES string of the molecule is [2H]c1cc(C)c(-c2cccc[n+]2C)c2c1-c1ccccc1C2(C)C. The lowest BCUT2D eigenvalue weighted by molar-refractivity contribution is -0.660. The van der Waals surface area contributed by atoms with Gasteiger partial charge in [-0.25, -0.2) is 4.57 Å². The fraction of sp³-hybridized carbons (Fsp3) is 0.227. The van der Waals surface area contributed by atoms with Crippen LogP contribution in [0.3, 0.4) is 0 Å². The van der Waals surface area contributed by atoms with Gasteiger partial charge in [0, 0.05) is 17.5 Å². The monoisotopic (exact) mass is 301 g/mol. The molecule has 3 aromatic rings. The fourth-order valence-electron chi connectivity index (χ4n) is 3.98. The van der Waals surface area contributed by atoms with Crippen LogP contribution in [-0.4, -0.2) is 0 Å². The minimum Gasteiger partial charge on any atom is -0.201 e. The van der Waals surface area contributed by atoms with Crippen molar-refractivity contribution in [2.24, 2.45) is 7.05 Å². The van der Waals surface area contributed by atoms with E-state index in [9.17, 15) is 0 Å². The summed E-state index contributed by atoms with van der Waals surface area (Å²) < 4.78 is 10.8. The molecule has 0 N–H and O–H groups in total. The van der Waals surface area contributed by atoms with Crippen LogP contribution in [0.4, 0.5) is 0 Å². The first kappa shape index (κ1) is 13.1. The van der Waals surface area contributed by atoms with Crippen LogP contribution in [0, 0.1) is 6.92 Å². The Morgan fingerprint density at radius 2 is 1.70 bits per heavy atom. The first-order valence-electron chi connectivity index (χ1n) is 8.62. The van der Waals surface area contributed by atoms with Gasteiger partial charge >= 0.3 is 0 Å². The van der Waals surface area contributed by atoms with Gasteiger partial charge in [0.1, 0.15) is 7.05 Å². The topological polar surface area (TPSA) is 3.88 Å². The molecule has 23 heavy (non-hydrogen) atoms. The second kappa shape index (κ2) is 4.79. The third-order valence-corrected chi connectivity index (χ3v) is 5.13. The van der Waals surface area contributed by atoms with Crippen LogP contribution in [0.2, 0.25) is 0 Å². The van der Waals surface area contributed by atoms with Gasteiger partial charge in [0.15, 0.2) is 6.20 Å². The molecule has 1 heteroatoms. The number of aromatic nitrogens is 1. The summed E-state index contributed by atoms with van der Waals surface area (Å²) in [7, 11) is 2.09. The molecular weight excluding hydrogens is 278 g/mol. The average Bonchev–Trinajstić information content (AvgIpc) is 2.78. The predicted octanol–water partition coefficient (Wildman–Crippen LogP) is 4.79. The van der Waals surface area contributed by atoms with Crippen molar-refractivity contribution in [2.75, 3.05) is 0 Å². The zero-order valence-electron chi connectivity index (χ0n) is 15.1. The summed E-state index contributed by atoms with van der Waals surface area (Å²) in [5.41, 5.74) is 8.45. The van der Waals surface area contributed by atoms with E-state index in [1.54, 1.807) is 0 Å². The molecule has 1 nitrogen and oxygen atoms in total. The second-order valence-electron chi connectivity index (χ2n) is 6.96. The second-order valence-corrected chi connectivity index (χ2v) is 6.96. The van der Waals surface area contributed by atoms with Crippen LogP contribution < -0.4 is 4.57 Å². The maximum absolute atomic E-state index is 8.61. The lowest BCUT2D eigenvalue weighted by Gasteiger charge is -2.24. The first-order valence-corrected chi connectivity index (χ1v) is 8.12. The number of pyridine rings is 1. The Hall–Kier alpha value is -2.41. The molecule has 0 radical (unpaired) electrons. The third-order valence-electron chi connectivity index (χ3n) is 5.13. The largest absolute Gasteiger partial charge is 0.212 e. The van der Waals surface area contributed by atoms with Crippen molar-refractivity contribution in [1.29, 1.82) is 0 Å². The van der Waals surface area contributed by atoms with E-state index in [0.29, 0.717) is 6.04 Å². The molecule has 0 amide bonds. The Kier molecular flexibility index (Phi) is 2.72. The van der Waals surface area contributed by atoms with Gasteiger partial charge in [0.05, 0.1) is 6.93 Å². The zero-order chi connectivity index (χ0) is 17.1. The van der Waals surface area contributed by atoms with Gasteiger partial charge in [-0.1, -0.05) is 50.2 Å². The molecule has 1 aromatic heterocycles. The van der Waals surface area contributed by atoms with Crippen molar-refractivity contribution in [2.45, 2.75) is 26.2 Å². The Morgan fingerprint density at radius 1 is 0.957 bits per heavy atom. The van der Waals surface area contributed by atoms with Crippen molar-refractivity contribution in [3.8, 4) is 22.4 Å². The molecule has 0 saturated heterocycles. The smallest absolute Gasteiger partial charge is 0.201 e. The van der Waals surface area contributed by atoms with Gasteiger partial charge in [0.2, 0.25) is 5.69 Å². The van der Waals surface area contributed by atoms with Crippen LogP contribution in [0.1, 0.15) is 31.9 Å². The molecule has 0 unspecified atom stereocenters. The summed E-state index contributed by atoms with van der Waals surface area (Å²) >= 11 is 0. The minimum atomic E-state index is -0.105. The molecule has 1 aliphatic carbocycles. The number of benzene rings is 2. The number of fused-ring (bicyclic) bond motifs is 3. The summed E-state index contributed by atoms with van der Waals surface area (Å²) in [6, 6.07) is 17.5. The van der Waals surface area contributed by atoms with Crippen LogP contribution in [-0.2, 0) is 12.5 Å². The molecule has 1 aliphatic rings. The Morgan fingerprint density at radius 3 is 2.48 bits per heavy atom. The normalized spacial score (nSPS) is 15.0.